The summed E-state index contributed by atoms with van der Waals surface area (Å²) in [7, 11) is 0. The molecule has 1 saturated heterocycles. The lowest BCUT2D eigenvalue weighted by molar-refractivity contribution is -0.121. The Hall–Kier alpha value is -0.810. The number of halogens is 1. The predicted molar refractivity (Wildman–Crippen MR) is 82.4 cm³/mol. The highest BCUT2D eigenvalue weighted by Crippen LogP contribution is 2.30. The van der Waals surface area contributed by atoms with Gasteiger partial charge in [-0.05, 0) is 36.4 Å². The van der Waals surface area contributed by atoms with Crippen molar-refractivity contribution in [1.29, 1.82) is 0 Å². The van der Waals surface area contributed by atoms with E-state index in [4.69, 9.17) is 0 Å². The molecule has 1 atom stereocenters. The van der Waals surface area contributed by atoms with Crippen LogP contribution in [0.5, 0.6) is 0 Å². The van der Waals surface area contributed by atoms with Crippen LogP contribution in [0.1, 0.15) is 26.2 Å². The van der Waals surface area contributed by atoms with Crippen LogP contribution in [0.4, 0.5) is 5.69 Å². The van der Waals surface area contributed by atoms with Crippen molar-refractivity contribution < 1.29 is 9.59 Å². The highest BCUT2D eigenvalue weighted by molar-refractivity contribution is 9.10. The van der Waals surface area contributed by atoms with Crippen molar-refractivity contribution in [2.75, 3.05) is 10.7 Å². The number of thioether (sulfide) groups is 1. The number of hydrogen-bond donors (Lipinski definition) is 0. The molecule has 1 fully saturated rings. The minimum absolute atomic E-state index is 0.0755. The van der Waals surface area contributed by atoms with E-state index < -0.39 is 0 Å². The summed E-state index contributed by atoms with van der Waals surface area (Å²) in [4.78, 5) is 25.6. The van der Waals surface area contributed by atoms with E-state index in [0.717, 1.165) is 23.1 Å². The summed E-state index contributed by atoms with van der Waals surface area (Å²) >= 11 is 4.95. The maximum absolute atomic E-state index is 12.3. The van der Waals surface area contributed by atoms with E-state index in [-0.39, 0.29) is 17.1 Å². The molecule has 1 aliphatic heterocycles. The molecule has 0 bridgehead atoms. The summed E-state index contributed by atoms with van der Waals surface area (Å²) in [5, 5.41) is -0.206. The average Bonchev–Trinajstić information content (AvgIpc) is 2.67. The molecule has 0 aromatic heterocycles. The Kier molecular flexibility index (Phi) is 5.05. The van der Waals surface area contributed by atoms with Gasteiger partial charge < -0.3 is 0 Å². The number of rotatable bonds is 5. The van der Waals surface area contributed by atoms with E-state index in [9.17, 15) is 9.59 Å². The van der Waals surface area contributed by atoms with Gasteiger partial charge in [0.25, 0.3) is 0 Å². The minimum atomic E-state index is -0.206. The summed E-state index contributed by atoms with van der Waals surface area (Å²) < 4.78 is 0.934. The van der Waals surface area contributed by atoms with Crippen molar-refractivity contribution >= 4 is 45.2 Å². The normalized spacial score (nSPS) is 19.3. The molecule has 0 N–H and O–H groups in total. The van der Waals surface area contributed by atoms with Crippen molar-refractivity contribution in [3.05, 3.63) is 28.7 Å². The van der Waals surface area contributed by atoms with E-state index in [1.807, 2.05) is 12.1 Å². The lowest BCUT2D eigenvalue weighted by Gasteiger charge is -2.14. The zero-order valence-electron chi connectivity index (χ0n) is 10.8. The van der Waals surface area contributed by atoms with Crippen LogP contribution < -0.4 is 4.90 Å². The molecule has 2 rings (SSSR count). The van der Waals surface area contributed by atoms with Gasteiger partial charge in [0.05, 0.1) is 10.9 Å². The number of imide groups is 1. The van der Waals surface area contributed by atoms with Crippen molar-refractivity contribution in [1.82, 2.24) is 0 Å². The Labute approximate surface area is 125 Å². The van der Waals surface area contributed by atoms with E-state index in [1.165, 1.54) is 4.90 Å². The standard InChI is InChI=1S/C14H16BrNO2S/c1-2-3-8-19-12-9-13(17)16(14(12)18)11-6-4-10(15)5-7-11/h4-7,12H,2-3,8-9H2,1H3. The second kappa shape index (κ2) is 6.57. The highest BCUT2D eigenvalue weighted by atomic mass is 79.9. The number of anilines is 1. The molecular weight excluding hydrogens is 326 g/mol. The molecule has 0 saturated carbocycles. The van der Waals surface area contributed by atoms with Gasteiger partial charge in [-0.2, -0.15) is 0 Å². The summed E-state index contributed by atoms with van der Waals surface area (Å²) in [6.07, 6.45) is 2.52. The first-order valence-electron chi connectivity index (χ1n) is 6.37. The van der Waals surface area contributed by atoms with Gasteiger partial charge in [-0.25, -0.2) is 4.90 Å². The highest BCUT2D eigenvalue weighted by Gasteiger charge is 2.39. The molecule has 1 aromatic carbocycles. The zero-order valence-corrected chi connectivity index (χ0v) is 13.2. The molecule has 1 unspecified atom stereocenters. The number of carbonyl (C=O) groups is 2. The van der Waals surface area contributed by atoms with Gasteiger partial charge in [-0.3, -0.25) is 9.59 Å². The number of unbranched alkanes of at least 4 members (excludes halogenated alkanes) is 1. The maximum Gasteiger partial charge on any atom is 0.247 e. The van der Waals surface area contributed by atoms with Crippen molar-refractivity contribution in [2.24, 2.45) is 0 Å². The predicted octanol–water partition coefficient (Wildman–Crippen LogP) is 3.61. The first-order chi connectivity index (χ1) is 9.13. The van der Waals surface area contributed by atoms with Crippen LogP contribution in [-0.4, -0.2) is 22.8 Å². The summed E-state index contributed by atoms with van der Waals surface area (Å²) in [5.41, 5.74) is 0.664. The molecule has 1 aromatic rings. The van der Waals surface area contributed by atoms with Crippen LogP contribution in [0.3, 0.4) is 0 Å². The molecule has 0 aliphatic carbocycles. The van der Waals surface area contributed by atoms with Crippen LogP contribution in [0, 0.1) is 0 Å². The lowest BCUT2D eigenvalue weighted by atomic mass is 10.3. The van der Waals surface area contributed by atoms with Gasteiger partial charge in [0.1, 0.15) is 0 Å². The van der Waals surface area contributed by atoms with Gasteiger partial charge in [0.2, 0.25) is 11.8 Å². The Morgan fingerprint density at radius 3 is 2.63 bits per heavy atom. The van der Waals surface area contributed by atoms with Gasteiger partial charge in [0, 0.05) is 10.9 Å². The van der Waals surface area contributed by atoms with Crippen molar-refractivity contribution in [3.63, 3.8) is 0 Å². The van der Waals surface area contributed by atoms with Crippen LogP contribution in [0.25, 0.3) is 0 Å². The van der Waals surface area contributed by atoms with Gasteiger partial charge >= 0.3 is 0 Å². The molecule has 0 radical (unpaired) electrons. The molecule has 2 amide bonds. The number of hydrogen-bond acceptors (Lipinski definition) is 3. The zero-order chi connectivity index (χ0) is 13.8. The van der Waals surface area contributed by atoms with Crippen LogP contribution >= 0.6 is 27.7 Å². The van der Waals surface area contributed by atoms with Crippen molar-refractivity contribution in [3.8, 4) is 0 Å². The Morgan fingerprint density at radius 2 is 2.00 bits per heavy atom. The Morgan fingerprint density at radius 1 is 1.32 bits per heavy atom. The van der Waals surface area contributed by atoms with E-state index in [1.54, 1.807) is 23.9 Å². The smallest absolute Gasteiger partial charge is 0.247 e. The topological polar surface area (TPSA) is 37.4 Å². The molecular formula is C14H16BrNO2S. The second-order valence-electron chi connectivity index (χ2n) is 4.46. The van der Waals surface area contributed by atoms with E-state index in [0.29, 0.717) is 12.1 Å². The molecule has 1 heterocycles. The fraction of sp³-hybridized carbons (Fsp3) is 0.429. The number of nitrogens with zero attached hydrogens (tertiary/aromatic N) is 1. The quantitative estimate of drug-likeness (QED) is 0.606. The van der Waals surface area contributed by atoms with E-state index in [2.05, 4.69) is 22.9 Å². The van der Waals surface area contributed by atoms with Gasteiger partial charge in [0.15, 0.2) is 0 Å². The molecule has 1 aliphatic rings. The number of benzene rings is 1. The lowest BCUT2D eigenvalue weighted by Crippen LogP contribution is -2.31. The molecule has 102 valence electrons. The average molecular weight is 342 g/mol. The summed E-state index contributed by atoms with van der Waals surface area (Å²) in [5.74, 6) is 0.767. The van der Waals surface area contributed by atoms with Gasteiger partial charge in [-0.1, -0.05) is 29.3 Å². The van der Waals surface area contributed by atoms with Crippen LogP contribution in [-0.2, 0) is 9.59 Å². The first-order valence-corrected chi connectivity index (χ1v) is 8.21. The molecule has 3 nitrogen and oxygen atoms in total. The molecule has 5 heteroatoms. The third-order valence-electron chi connectivity index (χ3n) is 3.01. The summed E-state index contributed by atoms with van der Waals surface area (Å²) in [6, 6.07) is 7.26. The Balaban J connectivity index is 2.08. The number of amides is 2. The van der Waals surface area contributed by atoms with Crippen LogP contribution in [0.15, 0.2) is 28.7 Å². The maximum atomic E-state index is 12.3. The SMILES string of the molecule is CCCCSC1CC(=O)N(c2ccc(Br)cc2)C1=O. The fourth-order valence-corrected chi connectivity index (χ4v) is 3.48. The first kappa shape index (κ1) is 14.6. The Bertz CT molecular complexity index is 475. The minimum Gasteiger partial charge on any atom is -0.274 e. The van der Waals surface area contributed by atoms with Crippen molar-refractivity contribution in [2.45, 2.75) is 31.4 Å². The van der Waals surface area contributed by atoms with Crippen LogP contribution in [0.2, 0.25) is 0 Å². The monoisotopic (exact) mass is 341 g/mol. The third kappa shape index (κ3) is 3.39. The largest absolute Gasteiger partial charge is 0.274 e. The molecule has 19 heavy (non-hydrogen) atoms. The third-order valence-corrected chi connectivity index (χ3v) is 4.83. The van der Waals surface area contributed by atoms with Gasteiger partial charge in [-0.15, -0.1) is 11.8 Å². The molecule has 0 spiro atoms. The fourth-order valence-electron chi connectivity index (χ4n) is 1.97. The summed E-state index contributed by atoms with van der Waals surface area (Å²) in [6.45, 7) is 2.12. The number of carbonyl (C=O) groups excluding carboxylic acids is 2. The second-order valence-corrected chi connectivity index (χ2v) is 6.69. The van der Waals surface area contributed by atoms with E-state index >= 15 is 0 Å².